The van der Waals surface area contributed by atoms with Crippen molar-refractivity contribution in [2.45, 2.75) is 55.3 Å². The summed E-state index contributed by atoms with van der Waals surface area (Å²) in [6.07, 6.45) is -12.6. The molecule has 124 valence electrons. The van der Waals surface area contributed by atoms with Gasteiger partial charge in [0.25, 0.3) is 0 Å². The SMILES string of the molecule is OC[C@H]1OC(OC[C@H]2O[C@@H](O)[C@H](O)[C@@H](O)[C@@H]2O)[C@@H](O)[C@@H]1O. The zero-order valence-corrected chi connectivity index (χ0v) is 11.0. The molecule has 2 fully saturated rings. The number of aliphatic hydroxyl groups is 7. The quantitative estimate of drug-likeness (QED) is 0.267. The Labute approximate surface area is 119 Å². The molecule has 0 radical (unpaired) electrons. The maximum absolute atomic E-state index is 9.70. The lowest BCUT2D eigenvalue weighted by atomic mass is 9.99. The van der Waals surface area contributed by atoms with E-state index in [0.29, 0.717) is 0 Å². The van der Waals surface area contributed by atoms with Gasteiger partial charge >= 0.3 is 0 Å². The van der Waals surface area contributed by atoms with E-state index in [-0.39, 0.29) is 6.61 Å². The maximum atomic E-state index is 9.70. The summed E-state index contributed by atoms with van der Waals surface area (Å²) in [5.41, 5.74) is 0. The Morgan fingerprint density at radius 3 is 1.90 bits per heavy atom. The molecule has 1 unspecified atom stereocenters. The highest BCUT2D eigenvalue weighted by Gasteiger charge is 2.46. The van der Waals surface area contributed by atoms with Crippen molar-refractivity contribution < 1.29 is 50.0 Å². The third kappa shape index (κ3) is 3.35. The van der Waals surface area contributed by atoms with Crippen molar-refractivity contribution in [3.63, 3.8) is 0 Å². The predicted octanol–water partition coefficient (Wildman–Crippen LogP) is -4.76. The van der Waals surface area contributed by atoms with Crippen LogP contribution in [0.3, 0.4) is 0 Å². The van der Waals surface area contributed by atoms with Gasteiger partial charge in [-0.2, -0.15) is 0 Å². The van der Waals surface area contributed by atoms with Crippen LogP contribution in [0.5, 0.6) is 0 Å². The van der Waals surface area contributed by atoms with Crippen molar-refractivity contribution in [2.75, 3.05) is 13.2 Å². The molecule has 2 aliphatic rings. The van der Waals surface area contributed by atoms with Gasteiger partial charge in [0.2, 0.25) is 0 Å². The predicted molar refractivity (Wildman–Crippen MR) is 62.6 cm³/mol. The highest BCUT2D eigenvalue weighted by molar-refractivity contribution is 4.90. The van der Waals surface area contributed by atoms with Crippen LogP contribution in [0.4, 0.5) is 0 Å². The third-order valence-corrected chi connectivity index (χ3v) is 3.61. The molecule has 2 saturated heterocycles. The van der Waals surface area contributed by atoms with E-state index in [0.717, 1.165) is 0 Å². The molecule has 21 heavy (non-hydrogen) atoms. The Morgan fingerprint density at radius 2 is 1.33 bits per heavy atom. The van der Waals surface area contributed by atoms with Crippen molar-refractivity contribution in [3.8, 4) is 0 Å². The van der Waals surface area contributed by atoms with E-state index in [2.05, 4.69) is 0 Å². The van der Waals surface area contributed by atoms with Gasteiger partial charge < -0.3 is 50.0 Å². The molecular weight excluding hydrogens is 292 g/mol. The van der Waals surface area contributed by atoms with Gasteiger partial charge in [0, 0.05) is 0 Å². The summed E-state index contributed by atoms with van der Waals surface area (Å²) in [4.78, 5) is 0. The van der Waals surface area contributed by atoms with E-state index < -0.39 is 61.9 Å². The summed E-state index contributed by atoms with van der Waals surface area (Å²) in [5, 5.41) is 66.0. The monoisotopic (exact) mass is 312 g/mol. The molecular formula is C11H20O10. The Balaban J connectivity index is 1.88. The molecule has 10 nitrogen and oxygen atoms in total. The molecule has 10 heteroatoms. The molecule has 0 amide bonds. The number of hydrogen-bond acceptors (Lipinski definition) is 10. The lowest BCUT2D eigenvalue weighted by Gasteiger charge is -2.38. The molecule has 0 aliphatic carbocycles. The average molecular weight is 312 g/mol. The second-order valence-corrected chi connectivity index (χ2v) is 5.08. The largest absolute Gasteiger partial charge is 0.394 e. The van der Waals surface area contributed by atoms with Crippen LogP contribution in [-0.2, 0) is 14.2 Å². The van der Waals surface area contributed by atoms with E-state index in [1.54, 1.807) is 0 Å². The molecule has 0 aromatic rings. The van der Waals surface area contributed by atoms with Crippen LogP contribution in [0.25, 0.3) is 0 Å². The van der Waals surface area contributed by atoms with Crippen molar-refractivity contribution in [2.24, 2.45) is 0 Å². The van der Waals surface area contributed by atoms with Gasteiger partial charge in [-0.25, -0.2) is 0 Å². The average Bonchev–Trinajstić information content (AvgIpc) is 2.75. The molecule has 9 atom stereocenters. The summed E-state index contributed by atoms with van der Waals surface area (Å²) in [5.74, 6) is 0. The van der Waals surface area contributed by atoms with Crippen LogP contribution in [0, 0.1) is 0 Å². The zero-order valence-electron chi connectivity index (χ0n) is 11.0. The van der Waals surface area contributed by atoms with E-state index in [1.165, 1.54) is 0 Å². The molecule has 0 spiro atoms. The summed E-state index contributed by atoms with van der Waals surface area (Å²) < 4.78 is 15.1. The van der Waals surface area contributed by atoms with Crippen molar-refractivity contribution in [3.05, 3.63) is 0 Å². The van der Waals surface area contributed by atoms with Gasteiger partial charge in [-0.15, -0.1) is 0 Å². The summed E-state index contributed by atoms with van der Waals surface area (Å²) in [6, 6.07) is 0. The van der Waals surface area contributed by atoms with Crippen LogP contribution in [0.1, 0.15) is 0 Å². The second-order valence-electron chi connectivity index (χ2n) is 5.08. The van der Waals surface area contributed by atoms with Gasteiger partial charge in [0.05, 0.1) is 13.2 Å². The number of hydrogen-bond donors (Lipinski definition) is 7. The van der Waals surface area contributed by atoms with E-state index in [9.17, 15) is 30.6 Å². The standard InChI is InChI=1S/C11H20O10/c12-1-3-5(13)9(17)11(21-3)19-2-4-6(14)7(15)8(16)10(18)20-4/h3-18H,1-2H2/t3-,4-,5-,6-,7+,8-,9+,10-,11?/m1/s1. The number of ether oxygens (including phenoxy) is 3. The fourth-order valence-corrected chi connectivity index (χ4v) is 2.26. The van der Waals surface area contributed by atoms with Crippen molar-refractivity contribution >= 4 is 0 Å². The molecule has 0 aromatic heterocycles. The first kappa shape index (κ1) is 17.0. The zero-order chi connectivity index (χ0) is 15.7. The lowest BCUT2D eigenvalue weighted by molar-refractivity contribution is -0.297. The molecule has 2 heterocycles. The Bertz CT molecular complexity index is 341. The molecule has 0 aromatic carbocycles. The molecule has 0 bridgehead atoms. The van der Waals surface area contributed by atoms with Gasteiger partial charge in [0.15, 0.2) is 12.6 Å². The van der Waals surface area contributed by atoms with E-state index >= 15 is 0 Å². The lowest BCUT2D eigenvalue weighted by Crippen LogP contribution is -2.58. The second kappa shape index (κ2) is 6.79. The van der Waals surface area contributed by atoms with Gasteiger partial charge in [-0.1, -0.05) is 0 Å². The summed E-state index contributed by atoms with van der Waals surface area (Å²) >= 11 is 0. The Hall–Kier alpha value is -0.400. The summed E-state index contributed by atoms with van der Waals surface area (Å²) in [7, 11) is 0. The smallest absolute Gasteiger partial charge is 0.186 e. The molecule has 2 aliphatic heterocycles. The molecule has 0 saturated carbocycles. The first-order valence-electron chi connectivity index (χ1n) is 6.48. The Morgan fingerprint density at radius 1 is 0.714 bits per heavy atom. The molecule has 2 rings (SSSR count). The number of aliphatic hydroxyl groups excluding tert-OH is 7. The van der Waals surface area contributed by atoms with E-state index in [1.807, 2.05) is 0 Å². The first-order chi connectivity index (χ1) is 9.86. The van der Waals surface area contributed by atoms with Gasteiger partial charge in [-0.3, -0.25) is 0 Å². The van der Waals surface area contributed by atoms with Crippen LogP contribution in [0.2, 0.25) is 0 Å². The van der Waals surface area contributed by atoms with Crippen LogP contribution >= 0.6 is 0 Å². The topological polar surface area (TPSA) is 169 Å². The van der Waals surface area contributed by atoms with Crippen LogP contribution in [0.15, 0.2) is 0 Å². The van der Waals surface area contributed by atoms with Crippen molar-refractivity contribution in [1.29, 1.82) is 0 Å². The fourth-order valence-electron chi connectivity index (χ4n) is 2.26. The minimum atomic E-state index is -1.69. The van der Waals surface area contributed by atoms with E-state index in [4.69, 9.17) is 19.3 Å². The third-order valence-electron chi connectivity index (χ3n) is 3.61. The van der Waals surface area contributed by atoms with Crippen LogP contribution in [-0.4, -0.2) is 104 Å². The Kier molecular flexibility index (Phi) is 5.48. The van der Waals surface area contributed by atoms with Gasteiger partial charge in [-0.05, 0) is 0 Å². The normalized spacial score (nSPS) is 51.3. The highest BCUT2D eigenvalue weighted by Crippen LogP contribution is 2.24. The van der Waals surface area contributed by atoms with Crippen LogP contribution < -0.4 is 0 Å². The minimum absolute atomic E-state index is 0.380. The fraction of sp³-hybridized carbons (Fsp3) is 1.00. The van der Waals surface area contributed by atoms with Crippen molar-refractivity contribution in [1.82, 2.24) is 0 Å². The highest BCUT2D eigenvalue weighted by atomic mass is 16.7. The first-order valence-corrected chi connectivity index (χ1v) is 6.48. The summed E-state index contributed by atoms with van der Waals surface area (Å²) in [6.45, 7) is -0.890. The molecule has 7 N–H and O–H groups in total. The minimum Gasteiger partial charge on any atom is -0.394 e. The maximum Gasteiger partial charge on any atom is 0.186 e. The van der Waals surface area contributed by atoms with Gasteiger partial charge in [0.1, 0.15) is 42.7 Å². The number of rotatable bonds is 4.